The zero-order chi connectivity index (χ0) is 19.6. The van der Waals surface area contributed by atoms with Crippen LogP contribution < -0.4 is 0 Å². The van der Waals surface area contributed by atoms with Crippen LogP contribution in [0.1, 0.15) is 62.5 Å². The molecule has 0 atom stereocenters. The SMILES string of the molecule is C=CCC[C@H]1CC[C@H](c2ccc(-c3ccc(COCC=CC)cc3)cc2)CC1. The predicted molar refractivity (Wildman–Crippen MR) is 120 cm³/mol. The Bertz CT molecular complexity index is 731. The van der Waals surface area contributed by atoms with Gasteiger partial charge in [-0.1, -0.05) is 66.8 Å². The van der Waals surface area contributed by atoms with E-state index < -0.39 is 0 Å². The molecule has 0 saturated heterocycles. The summed E-state index contributed by atoms with van der Waals surface area (Å²) in [6.07, 6.45) is 14.0. The molecule has 1 nitrogen and oxygen atoms in total. The maximum Gasteiger partial charge on any atom is 0.0721 e. The fraction of sp³-hybridized carbons (Fsp3) is 0.407. The topological polar surface area (TPSA) is 9.23 Å². The van der Waals surface area contributed by atoms with Gasteiger partial charge >= 0.3 is 0 Å². The van der Waals surface area contributed by atoms with E-state index >= 15 is 0 Å². The fourth-order valence-corrected chi connectivity index (χ4v) is 4.22. The van der Waals surface area contributed by atoms with Crippen molar-refractivity contribution in [1.29, 1.82) is 0 Å². The van der Waals surface area contributed by atoms with E-state index in [1.165, 1.54) is 60.8 Å². The zero-order valence-electron chi connectivity index (χ0n) is 17.3. The van der Waals surface area contributed by atoms with Crippen LogP contribution in [0.3, 0.4) is 0 Å². The zero-order valence-corrected chi connectivity index (χ0v) is 17.3. The van der Waals surface area contributed by atoms with Crippen LogP contribution in [0, 0.1) is 5.92 Å². The normalized spacial score (nSPS) is 19.8. The van der Waals surface area contributed by atoms with Gasteiger partial charge in [0.05, 0.1) is 13.2 Å². The molecule has 3 rings (SSSR count). The molecular formula is C27H34O. The Morgan fingerprint density at radius 1 is 0.929 bits per heavy atom. The molecule has 1 aliphatic rings. The Labute approximate surface area is 171 Å². The molecule has 148 valence electrons. The molecule has 0 heterocycles. The number of benzene rings is 2. The van der Waals surface area contributed by atoms with Gasteiger partial charge < -0.3 is 4.74 Å². The van der Waals surface area contributed by atoms with Crippen molar-refractivity contribution in [2.75, 3.05) is 6.61 Å². The number of ether oxygens (including phenoxy) is 1. The monoisotopic (exact) mass is 374 g/mol. The third-order valence-electron chi connectivity index (χ3n) is 6.01. The Morgan fingerprint density at radius 2 is 1.57 bits per heavy atom. The van der Waals surface area contributed by atoms with Gasteiger partial charge in [0.25, 0.3) is 0 Å². The minimum Gasteiger partial charge on any atom is -0.373 e. The second-order valence-electron chi connectivity index (χ2n) is 7.99. The highest BCUT2D eigenvalue weighted by atomic mass is 16.5. The predicted octanol–water partition coefficient (Wildman–Crippen LogP) is 7.69. The molecule has 0 aromatic heterocycles. The van der Waals surface area contributed by atoms with Gasteiger partial charge in [-0.15, -0.1) is 6.58 Å². The average molecular weight is 375 g/mol. The first-order chi connectivity index (χ1) is 13.8. The van der Waals surface area contributed by atoms with Gasteiger partial charge in [-0.2, -0.15) is 0 Å². The van der Waals surface area contributed by atoms with Gasteiger partial charge in [0, 0.05) is 0 Å². The Balaban J connectivity index is 1.53. The lowest BCUT2D eigenvalue weighted by Crippen LogP contribution is -2.13. The summed E-state index contributed by atoms with van der Waals surface area (Å²) in [6.45, 7) is 7.21. The van der Waals surface area contributed by atoms with Crippen LogP contribution >= 0.6 is 0 Å². The molecule has 0 spiro atoms. The molecule has 0 N–H and O–H groups in total. The van der Waals surface area contributed by atoms with Crippen molar-refractivity contribution in [3.05, 3.63) is 84.5 Å². The van der Waals surface area contributed by atoms with E-state index in [0.717, 1.165) is 11.8 Å². The Hall–Kier alpha value is -2.12. The molecule has 2 aromatic carbocycles. The van der Waals surface area contributed by atoms with Crippen molar-refractivity contribution in [3.8, 4) is 11.1 Å². The van der Waals surface area contributed by atoms with Crippen molar-refractivity contribution in [3.63, 3.8) is 0 Å². The summed E-state index contributed by atoms with van der Waals surface area (Å²) in [5.74, 6) is 1.65. The third kappa shape index (κ3) is 5.94. The molecule has 1 fully saturated rings. The molecule has 0 unspecified atom stereocenters. The first-order valence-corrected chi connectivity index (χ1v) is 10.8. The van der Waals surface area contributed by atoms with Crippen LogP contribution in [0.25, 0.3) is 11.1 Å². The lowest BCUT2D eigenvalue weighted by molar-refractivity contribution is 0.148. The van der Waals surface area contributed by atoms with Gasteiger partial charge in [-0.3, -0.25) is 0 Å². The van der Waals surface area contributed by atoms with Crippen molar-refractivity contribution in [1.82, 2.24) is 0 Å². The van der Waals surface area contributed by atoms with Crippen LogP contribution in [0.5, 0.6) is 0 Å². The summed E-state index contributed by atoms with van der Waals surface area (Å²) in [5.41, 5.74) is 5.31. The van der Waals surface area contributed by atoms with Crippen LogP contribution in [0.15, 0.2) is 73.3 Å². The van der Waals surface area contributed by atoms with E-state index in [4.69, 9.17) is 4.74 Å². The largest absolute Gasteiger partial charge is 0.373 e. The Kier molecular flexibility index (Phi) is 8.11. The highest BCUT2D eigenvalue weighted by Gasteiger charge is 2.21. The standard InChI is InChI=1S/C27H34O/c1-3-5-7-22-8-12-24(13-9-22)26-16-18-27(19-17-26)25-14-10-23(11-15-25)21-28-20-6-4-2/h3-4,6,10-11,14-19,22,24H,1,5,7-9,12-13,20-21H2,2H3/t22-,24-. The number of hydrogen-bond donors (Lipinski definition) is 0. The van der Waals surface area contributed by atoms with E-state index in [2.05, 4.69) is 61.2 Å². The summed E-state index contributed by atoms with van der Waals surface area (Å²) in [5, 5.41) is 0. The molecule has 0 amide bonds. The van der Waals surface area contributed by atoms with Gasteiger partial charge in [-0.05, 0) is 79.5 Å². The van der Waals surface area contributed by atoms with Gasteiger partial charge in [-0.25, -0.2) is 0 Å². The highest BCUT2D eigenvalue weighted by molar-refractivity contribution is 5.64. The molecule has 0 radical (unpaired) electrons. The van der Waals surface area contributed by atoms with Gasteiger partial charge in [0.1, 0.15) is 0 Å². The van der Waals surface area contributed by atoms with Crippen molar-refractivity contribution in [2.24, 2.45) is 5.92 Å². The molecule has 0 aliphatic heterocycles. The molecule has 0 bridgehead atoms. The summed E-state index contributed by atoms with van der Waals surface area (Å²) in [6, 6.07) is 18.0. The lowest BCUT2D eigenvalue weighted by Gasteiger charge is -2.28. The lowest BCUT2D eigenvalue weighted by atomic mass is 9.77. The summed E-state index contributed by atoms with van der Waals surface area (Å²) < 4.78 is 5.63. The second-order valence-corrected chi connectivity index (χ2v) is 7.99. The summed E-state index contributed by atoms with van der Waals surface area (Å²) in [7, 11) is 0. The third-order valence-corrected chi connectivity index (χ3v) is 6.01. The van der Waals surface area contributed by atoms with E-state index in [9.17, 15) is 0 Å². The van der Waals surface area contributed by atoms with Crippen LogP contribution in [-0.2, 0) is 11.3 Å². The van der Waals surface area contributed by atoms with E-state index in [1.54, 1.807) is 0 Å². The minimum absolute atomic E-state index is 0.666. The molecule has 2 aromatic rings. The second kappa shape index (κ2) is 11.0. The molecule has 1 saturated carbocycles. The molecule has 1 heteroatoms. The van der Waals surface area contributed by atoms with Crippen molar-refractivity contribution < 1.29 is 4.74 Å². The molecule has 28 heavy (non-hydrogen) atoms. The minimum atomic E-state index is 0.666. The van der Waals surface area contributed by atoms with E-state index in [0.29, 0.717) is 13.2 Å². The Morgan fingerprint density at radius 3 is 2.18 bits per heavy atom. The van der Waals surface area contributed by atoms with Crippen LogP contribution in [0.2, 0.25) is 0 Å². The van der Waals surface area contributed by atoms with Crippen LogP contribution in [0.4, 0.5) is 0 Å². The maximum absolute atomic E-state index is 5.63. The average Bonchev–Trinajstić information content (AvgIpc) is 2.76. The quantitative estimate of drug-likeness (QED) is 0.323. The molecular weight excluding hydrogens is 340 g/mol. The van der Waals surface area contributed by atoms with Gasteiger partial charge in [0.15, 0.2) is 0 Å². The van der Waals surface area contributed by atoms with Crippen LogP contribution in [-0.4, -0.2) is 6.61 Å². The van der Waals surface area contributed by atoms with E-state index in [1.807, 2.05) is 19.1 Å². The first kappa shape index (κ1) is 20.6. The van der Waals surface area contributed by atoms with Gasteiger partial charge in [0.2, 0.25) is 0 Å². The highest BCUT2D eigenvalue weighted by Crippen LogP contribution is 2.38. The maximum atomic E-state index is 5.63. The van der Waals surface area contributed by atoms with E-state index in [-0.39, 0.29) is 0 Å². The molecule has 1 aliphatic carbocycles. The smallest absolute Gasteiger partial charge is 0.0721 e. The number of allylic oxidation sites excluding steroid dienone is 2. The fourth-order valence-electron chi connectivity index (χ4n) is 4.22. The number of hydrogen-bond acceptors (Lipinski definition) is 1. The van der Waals surface area contributed by atoms with Crippen molar-refractivity contribution in [2.45, 2.75) is 58.0 Å². The number of rotatable bonds is 9. The summed E-state index contributed by atoms with van der Waals surface area (Å²) in [4.78, 5) is 0. The van der Waals surface area contributed by atoms with Crippen molar-refractivity contribution >= 4 is 0 Å². The summed E-state index contributed by atoms with van der Waals surface area (Å²) >= 11 is 0. The first-order valence-electron chi connectivity index (χ1n) is 10.8.